The van der Waals surface area contributed by atoms with Crippen LogP contribution in [0.5, 0.6) is 0 Å². The van der Waals surface area contributed by atoms with Crippen molar-refractivity contribution in [2.45, 2.75) is 84.0 Å². The Morgan fingerprint density at radius 1 is 1.17 bits per heavy atom. The van der Waals surface area contributed by atoms with E-state index in [2.05, 4.69) is 25.7 Å². The fourth-order valence-corrected chi connectivity index (χ4v) is 2.93. The lowest BCUT2D eigenvalue weighted by Crippen LogP contribution is -2.04. The highest BCUT2D eigenvalue weighted by Gasteiger charge is 2.12. The molecule has 0 amide bonds. The van der Waals surface area contributed by atoms with Gasteiger partial charge in [0.2, 0.25) is 0 Å². The maximum atomic E-state index is 3.84. The second-order valence-corrected chi connectivity index (χ2v) is 5.90. The van der Waals surface area contributed by atoms with Gasteiger partial charge in [-0.15, -0.1) is 6.58 Å². The summed E-state index contributed by atoms with van der Waals surface area (Å²) in [6.45, 7) is 6.13. The van der Waals surface area contributed by atoms with E-state index >= 15 is 0 Å². The molecule has 0 aliphatic heterocycles. The Bertz CT molecular complexity index is 236. The molecule has 0 aromatic rings. The second-order valence-electron chi connectivity index (χ2n) is 5.90. The van der Waals surface area contributed by atoms with Gasteiger partial charge in [-0.25, -0.2) is 0 Å². The van der Waals surface area contributed by atoms with Gasteiger partial charge >= 0.3 is 0 Å². The molecule has 0 aromatic heterocycles. The standard InChI is InChI=1S/C18H32/c1-3-5-6-7-8-9-10-12-18-15-13-17(11-4-2)14-16-18/h4,15,17H,2-3,5-14,16H2,1H3. The van der Waals surface area contributed by atoms with Crippen LogP contribution in [0.2, 0.25) is 0 Å². The molecule has 1 aliphatic carbocycles. The molecule has 0 N–H and O–H groups in total. The van der Waals surface area contributed by atoms with E-state index in [9.17, 15) is 0 Å². The molecular weight excluding hydrogens is 216 g/mol. The maximum absolute atomic E-state index is 3.84. The molecule has 18 heavy (non-hydrogen) atoms. The number of allylic oxidation sites excluding steroid dienone is 3. The Hall–Kier alpha value is -0.520. The van der Waals surface area contributed by atoms with Crippen molar-refractivity contribution < 1.29 is 0 Å². The second kappa shape index (κ2) is 10.4. The summed E-state index contributed by atoms with van der Waals surface area (Å²) in [6.07, 6.45) is 21.2. The first-order chi connectivity index (χ1) is 8.86. The minimum atomic E-state index is 0.889. The molecule has 104 valence electrons. The van der Waals surface area contributed by atoms with E-state index < -0.39 is 0 Å². The SMILES string of the molecule is C=CCC1CC=C(CCCCCCCCC)CC1. The summed E-state index contributed by atoms with van der Waals surface area (Å²) < 4.78 is 0. The van der Waals surface area contributed by atoms with Crippen LogP contribution < -0.4 is 0 Å². The zero-order chi connectivity index (χ0) is 13.1. The van der Waals surface area contributed by atoms with Gasteiger partial charge in [0, 0.05) is 0 Å². The highest BCUT2D eigenvalue weighted by Crippen LogP contribution is 2.28. The lowest BCUT2D eigenvalue weighted by Gasteiger charge is -2.20. The van der Waals surface area contributed by atoms with Crippen LogP contribution in [0.3, 0.4) is 0 Å². The molecule has 0 bridgehead atoms. The Kier molecular flexibility index (Phi) is 8.98. The monoisotopic (exact) mass is 248 g/mol. The van der Waals surface area contributed by atoms with Crippen molar-refractivity contribution in [3.63, 3.8) is 0 Å². The molecule has 0 saturated heterocycles. The summed E-state index contributed by atoms with van der Waals surface area (Å²) >= 11 is 0. The van der Waals surface area contributed by atoms with Gasteiger partial charge in [0.1, 0.15) is 0 Å². The van der Waals surface area contributed by atoms with Gasteiger partial charge in [0.15, 0.2) is 0 Å². The van der Waals surface area contributed by atoms with Crippen molar-refractivity contribution in [3.05, 3.63) is 24.3 Å². The van der Waals surface area contributed by atoms with Crippen LogP contribution in [0.1, 0.15) is 84.0 Å². The quantitative estimate of drug-likeness (QED) is 0.309. The summed E-state index contributed by atoms with van der Waals surface area (Å²) in [5.41, 5.74) is 1.74. The minimum absolute atomic E-state index is 0.889. The van der Waals surface area contributed by atoms with E-state index in [0.717, 1.165) is 5.92 Å². The largest absolute Gasteiger partial charge is 0.103 e. The summed E-state index contributed by atoms with van der Waals surface area (Å²) in [6, 6.07) is 0. The molecule has 0 fully saturated rings. The topological polar surface area (TPSA) is 0 Å². The number of rotatable bonds is 10. The van der Waals surface area contributed by atoms with Crippen LogP contribution in [-0.4, -0.2) is 0 Å². The van der Waals surface area contributed by atoms with Gasteiger partial charge in [-0.3, -0.25) is 0 Å². The normalized spacial score (nSPS) is 19.6. The van der Waals surface area contributed by atoms with Gasteiger partial charge < -0.3 is 0 Å². The van der Waals surface area contributed by atoms with Crippen LogP contribution in [0.15, 0.2) is 24.3 Å². The van der Waals surface area contributed by atoms with Gasteiger partial charge in [-0.05, 0) is 44.4 Å². The van der Waals surface area contributed by atoms with E-state index in [1.54, 1.807) is 5.57 Å². The number of hydrogen-bond acceptors (Lipinski definition) is 0. The third kappa shape index (κ3) is 7.03. The first-order valence-electron chi connectivity index (χ1n) is 8.15. The van der Waals surface area contributed by atoms with E-state index in [0.29, 0.717) is 0 Å². The van der Waals surface area contributed by atoms with Crippen molar-refractivity contribution in [2.75, 3.05) is 0 Å². The lowest BCUT2D eigenvalue weighted by molar-refractivity contribution is 0.466. The van der Waals surface area contributed by atoms with Crippen molar-refractivity contribution in [1.29, 1.82) is 0 Å². The minimum Gasteiger partial charge on any atom is -0.103 e. The predicted octanol–water partition coefficient (Wildman–Crippen LogP) is 6.43. The molecule has 0 aromatic carbocycles. The summed E-state index contributed by atoms with van der Waals surface area (Å²) in [5.74, 6) is 0.889. The van der Waals surface area contributed by atoms with Crippen LogP contribution >= 0.6 is 0 Å². The Morgan fingerprint density at radius 2 is 1.89 bits per heavy atom. The molecule has 0 radical (unpaired) electrons. The van der Waals surface area contributed by atoms with Gasteiger partial charge in [0.25, 0.3) is 0 Å². The Morgan fingerprint density at radius 3 is 2.50 bits per heavy atom. The lowest BCUT2D eigenvalue weighted by atomic mass is 9.86. The molecule has 0 heteroatoms. The fraction of sp³-hybridized carbons (Fsp3) is 0.778. The van der Waals surface area contributed by atoms with Gasteiger partial charge in [-0.1, -0.05) is 63.2 Å². The Balaban J connectivity index is 1.98. The summed E-state index contributed by atoms with van der Waals surface area (Å²) in [5, 5.41) is 0. The average Bonchev–Trinajstić information content (AvgIpc) is 2.40. The predicted molar refractivity (Wildman–Crippen MR) is 82.8 cm³/mol. The molecule has 0 saturated carbocycles. The van der Waals surface area contributed by atoms with Gasteiger partial charge in [0.05, 0.1) is 0 Å². The van der Waals surface area contributed by atoms with Crippen molar-refractivity contribution in [3.8, 4) is 0 Å². The van der Waals surface area contributed by atoms with Crippen molar-refractivity contribution in [2.24, 2.45) is 5.92 Å². The van der Waals surface area contributed by atoms with Crippen molar-refractivity contribution in [1.82, 2.24) is 0 Å². The van der Waals surface area contributed by atoms with E-state index in [-0.39, 0.29) is 0 Å². The fourth-order valence-electron chi connectivity index (χ4n) is 2.93. The van der Waals surface area contributed by atoms with Crippen molar-refractivity contribution >= 4 is 0 Å². The molecule has 1 aliphatic rings. The summed E-state index contributed by atoms with van der Waals surface area (Å²) in [4.78, 5) is 0. The highest BCUT2D eigenvalue weighted by molar-refractivity contribution is 5.06. The number of hydrogen-bond donors (Lipinski definition) is 0. The van der Waals surface area contributed by atoms with Crippen LogP contribution in [-0.2, 0) is 0 Å². The van der Waals surface area contributed by atoms with E-state index in [1.807, 2.05) is 0 Å². The van der Waals surface area contributed by atoms with Crippen LogP contribution in [0.25, 0.3) is 0 Å². The molecule has 1 atom stereocenters. The van der Waals surface area contributed by atoms with E-state index in [1.165, 1.54) is 77.0 Å². The molecule has 0 heterocycles. The number of unbranched alkanes of at least 4 members (excludes halogenated alkanes) is 6. The molecule has 0 spiro atoms. The van der Waals surface area contributed by atoms with Crippen LogP contribution in [0, 0.1) is 5.92 Å². The third-order valence-corrected chi connectivity index (χ3v) is 4.22. The summed E-state index contributed by atoms with van der Waals surface area (Å²) in [7, 11) is 0. The van der Waals surface area contributed by atoms with Crippen LogP contribution in [0.4, 0.5) is 0 Å². The third-order valence-electron chi connectivity index (χ3n) is 4.22. The molecule has 0 nitrogen and oxygen atoms in total. The maximum Gasteiger partial charge on any atom is -0.0316 e. The first kappa shape index (κ1) is 15.5. The molecule has 1 unspecified atom stereocenters. The zero-order valence-electron chi connectivity index (χ0n) is 12.4. The molecular formula is C18H32. The van der Waals surface area contributed by atoms with Gasteiger partial charge in [-0.2, -0.15) is 0 Å². The molecule has 1 rings (SSSR count). The zero-order valence-corrected chi connectivity index (χ0v) is 12.4. The smallest absolute Gasteiger partial charge is 0.0316 e. The highest BCUT2D eigenvalue weighted by atomic mass is 14.2. The average molecular weight is 248 g/mol. The first-order valence-corrected chi connectivity index (χ1v) is 8.15. The van der Waals surface area contributed by atoms with E-state index in [4.69, 9.17) is 0 Å². The Labute approximate surface area is 115 Å².